The molecule has 0 aliphatic carbocycles. The minimum absolute atomic E-state index is 0.788. The molecule has 0 aliphatic heterocycles. The fourth-order valence-corrected chi connectivity index (χ4v) is 1.53. The SMILES string of the molecule is CC(C)CCCNc1cccc(Cl)c1. The molecule has 0 bridgehead atoms. The van der Waals surface area contributed by atoms with Gasteiger partial charge in [-0.2, -0.15) is 0 Å². The zero-order valence-corrected chi connectivity index (χ0v) is 9.64. The van der Waals surface area contributed by atoms with Crippen LogP contribution in [0.5, 0.6) is 0 Å². The monoisotopic (exact) mass is 211 g/mol. The molecule has 0 atom stereocenters. The van der Waals surface area contributed by atoms with Crippen LogP contribution in [0.25, 0.3) is 0 Å². The van der Waals surface area contributed by atoms with Crippen LogP contribution in [0.3, 0.4) is 0 Å². The number of rotatable bonds is 5. The van der Waals surface area contributed by atoms with Crippen molar-refractivity contribution in [3.05, 3.63) is 29.3 Å². The summed E-state index contributed by atoms with van der Waals surface area (Å²) in [5.74, 6) is 0.788. The van der Waals surface area contributed by atoms with Crippen molar-refractivity contribution in [2.45, 2.75) is 26.7 Å². The Bertz CT molecular complexity index is 271. The summed E-state index contributed by atoms with van der Waals surface area (Å²) >= 11 is 5.87. The lowest BCUT2D eigenvalue weighted by Crippen LogP contribution is -2.02. The van der Waals surface area contributed by atoms with E-state index in [1.54, 1.807) is 0 Å². The molecule has 78 valence electrons. The smallest absolute Gasteiger partial charge is 0.0426 e. The summed E-state index contributed by atoms with van der Waals surface area (Å²) in [4.78, 5) is 0. The first-order valence-electron chi connectivity index (χ1n) is 5.18. The minimum atomic E-state index is 0.788. The quantitative estimate of drug-likeness (QED) is 0.721. The van der Waals surface area contributed by atoms with E-state index < -0.39 is 0 Å². The summed E-state index contributed by atoms with van der Waals surface area (Å²) in [5.41, 5.74) is 1.11. The van der Waals surface area contributed by atoms with E-state index in [4.69, 9.17) is 11.6 Å². The molecule has 0 aromatic heterocycles. The summed E-state index contributed by atoms with van der Waals surface area (Å²) < 4.78 is 0. The van der Waals surface area contributed by atoms with Crippen molar-refractivity contribution >= 4 is 17.3 Å². The lowest BCUT2D eigenvalue weighted by molar-refractivity contribution is 0.567. The molecule has 0 radical (unpaired) electrons. The highest BCUT2D eigenvalue weighted by Gasteiger charge is 1.95. The highest BCUT2D eigenvalue weighted by atomic mass is 35.5. The number of nitrogens with one attached hydrogen (secondary N) is 1. The van der Waals surface area contributed by atoms with E-state index in [9.17, 15) is 0 Å². The van der Waals surface area contributed by atoms with Crippen molar-refractivity contribution in [2.24, 2.45) is 5.92 Å². The standard InChI is InChI=1S/C12H18ClN/c1-10(2)5-4-8-14-12-7-3-6-11(13)9-12/h3,6-7,9-10,14H,4-5,8H2,1-2H3. The van der Waals surface area contributed by atoms with E-state index in [0.29, 0.717) is 0 Å². The van der Waals surface area contributed by atoms with Gasteiger partial charge in [0, 0.05) is 17.3 Å². The van der Waals surface area contributed by atoms with Crippen LogP contribution in [0.2, 0.25) is 5.02 Å². The predicted molar refractivity (Wildman–Crippen MR) is 64.0 cm³/mol. The van der Waals surface area contributed by atoms with Crippen molar-refractivity contribution in [1.29, 1.82) is 0 Å². The third-order valence-corrected chi connectivity index (χ3v) is 2.35. The average Bonchev–Trinajstić information content (AvgIpc) is 2.12. The van der Waals surface area contributed by atoms with Crippen molar-refractivity contribution < 1.29 is 0 Å². The molecular weight excluding hydrogens is 194 g/mol. The third-order valence-electron chi connectivity index (χ3n) is 2.11. The van der Waals surface area contributed by atoms with Crippen LogP contribution < -0.4 is 5.32 Å². The van der Waals surface area contributed by atoms with Gasteiger partial charge in [-0.15, -0.1) is 0 Å². The zero-order chi connectivity index (χ0) is 10.4. The fourth-order valence-electron chi connectivity index (χ4n) is 1.34. The van der Waals surface area contributed by atoms with Crippen LogP contribution in [-0.2, 0) is 0 Å². The van der Waals surface area contributed by atoms with Gasteiger partial charge in [0.05, 0.1) is 0 Å². The number of anilines is 1. The highest BCUT2D eigenvalue weighted by Crippen LogP contribution is 2.15. The second-order valence-electron chi connectivity index (χ2n) is 3.97. The van der Waals surface area contributed by atoms with Crippen LogP contribution in [0.4, 0.5) is 5.69 Å². The summed E-state index contributed by atoms with van der Waals surface area (Å²) in [6.07, 6.45) is 2.48. The second kappa shape index (κ2) is 5.92. The first kappa shape index (κ1) is 11.4. The lowest BCUT2D eigenvalue weighted by atomic mass is 10.1. The van der Waals surface area contributed by atoms with E-state index in [2.05, 4.69) is 19.2 Å². The summed E-state index contributed by atoms with van der Waals surface area (Å²) in [7, 11) is 0. The second-order valence-corrected chi connectivity index (χ2v) is 4.41. The molecular formula is C12H18ClN. The summed E-state index contributed by atoms with van der Waals surface area (Å²) in [5, 5.41) is 4.15. The Morgan fingerprint density at radius 2 is 2.14 bits per heavy atom. The molecule has 1 N–H and O–H groups in total. The van der Waals surface area contributed by atoms with E-state index >= 15 is 0 Å². The number of benzene rings is 1. The minimum Gasteiger partial charge on any atom is -0.385 e. The van der Waals surface area contributed by atoms with Gasteiger partial charge in [-0.25, -0.2) is 0 Å². The molecule has 0 amide bonds. The van der Waals surface area contributed by atoms with Gasteiger partial charge in [0.15, 0.2) is 0 Å². The number of halogens is 1. The molecule has 0 saturated heterocycles. The van der Waals surface area contributed by atoms with Gasteiger partial charge in [0.25, 0.3) is 0 Å². The Balaban J connectivity index is 2.25. The summed E-state index contributed by atoms with van der Waals surface area (Å²) in [6.45, 7) is 5.53. The fraction of sp³-hybridized carbons (Fsp3) is 0.500. The zero-order valence-electron chi connectivity index (χ0n) is 8.89. The van der Waals surface area contributed by atoms with Gasteiger partial charge >= 0.3 is 0 Å². The maximum Gasteiger partial charge on any atom is 0.0426 e. The Labute approximate surface area is 91.5 Å². The van der Waals surface area contributed by atoms with Crippen LogP contribution in [0.1, 0.15) is 26.7 Å². The van der Waals surface area contributed by atoms with Gasteiger partial charge in [0.2, 0.25) is 0 Å². The molecule has 0 aliphatic rings. The van der Waals surface area contributed by atoms with Crippen LogP contribution >= 0.6 is 11.6 Å². The molecule has 0 spiro atoms. The van der Waals surface area contributed by atoms with Crippen molar-refractivity contribution in [3.63, 3.8) is 0 Å². The first-order chi connectivity index (χ1) is 6.68. The predicted octanol–water partition coefficient (Wildman–Crippen LogP) is 4.19. The van der Waals surface area contributed by atoms with Crippen molar-refractivity contribution in [2.75, 3.05) is 11.9 Å². The van der Waals surface area contributed by atoms with Gasteiger partial charge in [-0.3, -0.25) is 0 Å². The Morgan fingerprint density at radius 1 is 1.36 bits per heavy atom. The van der Waals surface area contributed by atoms with E-state index in [-0.39, 0.29) is 0 Å². The molecule has 0 fully saturated rings. The molecule has 1 aromatic carbocycles. The van der Waals surface area contributed by atoms with E-state index in [1.807, 2.05) is 24.3 Å². The molecule has 0 heterocycles. The van der Waals surface area contributed by atoms with Gasteiger partial charge in [-0.1, -0.05) is 31.5 Å². The number of hydrogen-bond donors (Lipinski definition) is 1. The molecule has 14 heavy (non-hydrogen) atoms. The Kier molecular flexibility index (Phi) is 4.81. The topological polar surface area (TPSA) is 12.0 Å². The molecule has 0 saturated carbocycles. The van der Waals surface area contributed by atoms with Gasteiger partial charge in [-0.05, 0) is 37.0 Å². The van der Waals surface area contributed by atoms with E-state index in [1.165, 1.54) is 12.8 Å². The molecule has 0 unspecified atom stereocenters. The van der Waals surface area contributed by atoms with Crippen LogP contribution in [0, 0.1) is 5.92 Å². The van der Waals surface area contributed by atoms with Crippen LogP contribution in [-0.4, -0.2) is 6.54 Å². The maximum atomic E-state index is 5.87. The van der Waals surface area contributed by atoms with E-state index in [0.717, 1.165) is 23.2 Å². The Morgan fingerprint density at radius 3 is 2.79 bits per heavy atom. The normalized spacial score (nSPS) is 10.6. The average molecular weight is 212 g/mol. The molecule has 1 aromatic rings. The Hall–Kier alpha value is -0.690. The highest BCUT2D eigenvalue weighted by molar-refractivity contribution is 6.30. The first-order valence-corrected chi connectivity index (χ1v) is 5.55. The van der Waals surface area contributed by atoms with Gasteiger partial charge in [0.1, 0.15) is 0 Å². The van der Waals surface area contributed by atoms with Crippen molar-refractivity contribution in [1.82, 2.24) is 0 Å². The van der Waals surface area contributed by atoms with Crippen LogP contribution in [0.15, 0.2) is 24.3 Å². The lowest BCUT2D eigenvalue weighted by Gasteiger charge is -2.07. The largest absolute Gasteiger partial charge is 0.385 e. The molecule has 1 nitrogen and oxygen atoms in total. The van der Waals surface area contributed by atoms with Crippen molar-refractivity contribution in [3.8, 4) is 0 Å². The summed E-state index contributed by atoms with van der Waals surface area (Å²) in [6, 6.07) is 7.85. The third kappa shape index (κ3) is 4.52. The number of hydrogen-bond acceptors (Lipinski definition) is 1. The molecule has 2 heteroatoms. The molecule has 1 rings (SSSR count). The van der Waals surface area contributed by atoms with Gasteiger partial charge < -0.3 is 5.32 Å². The maximum absolute atomic E-state index is 5.87.